The van der Waals surface area contributed by atoms with E-state index < -0.39 is 0 Å². The van der Waals surface area contributed by atoms with Crippen LogP contribution in [0.1, 0.15) is 5.69 Å². The number of hydrogen-bond acceptors (Lipinski definition) is 4. The van der Waals surface area contributed by atoms with Gasteiger partial charge in [0.1, 0.15) is 0 Å². The van der Waals surface area contributed by atoms with Crippen LogP contribution in [0.2, 0.25) is 0 Å². The number of fused-ring (bicyclic) bond motifs is 1. The largest absolute Gasteiger partial charge is 0.424 e. The predicted molar refractivity (Wildman–Crippen MR) is 66.4 cm³/mol. The molecule has 0 fully saturated rings. The Morgan fingerprint density at radius 2 is 2.06 bits per heavy atom. The lowest BCUT2D eigenvalue weighted by molar-refractivity contribution is 0.595. The number of aromatic nitrogens is 2. The Morgan fingerprint density at radius 3 is 2.82 bits per heavy atom. The lowest BCUT2D eigenvalue weighted by atomic mass is 10.1. The zero-order valence-corrected chi connectivity index (χ0v) is 9.34. The van der Waals surface area contributed by atoms with Crippen molar-refractivity contribution in [1.29, 1.82) is 0 Å². The van der Waals surface area contributed by atoms with Crippen LogP contribution in [0.5, 0.6) is 0 Å². The van der Waals surface area contributed by atoms with Crippen LogP contribution in [-0.2, 0) is 0 Å². The molecule has 2 N–H and O–H groups in total. The minimum atomic E-state index is 0.183. The monoisotopic (exact) mass is 225 g/mol. The van der Waals surface area contributed by atoms with E-state index in [0.29, 0.717) is 5.76 Å². The summed E-state index contributed by atoms with van der Waals surface area (Å²) in [5, 5.41) is 1.07. The molecule has 0 atom stereocenters. The molecule has 0 spiro atoms. The topological polar surface area (TPSA) is 64.9 Å². The Balaban J connectivity index is 2.16. The number of anilines is 1. The Morgan fingerprint density at radius 1 is 1.18 bits per heavy atom. The Bertz CT molecular complexity index is 688. The zero-order valence-electron chi connectivity index (χ0n) is 9.34. The van der Waals surface area contributed by atoms with Gasteiger partial charge in [-0.25, -0.2) is 4.98 Å². The first kappa shape index (κ1) is 9.84. The second-order valence-corrected chi connectivity index (χ2v) is 3.92. The third kappa shape index (κ3) is 1.73. The third-order valence-electron chi connectivity index (χ3n) is 2.64. The number of rotatable bonds is 1. The van der Waals surface area contributed by atoms with Crippen molar-refractivity contribution in [3.8, 4) is 11.3 Å². The number of nitrogens with two attached hydrogens (primary N) is 1. The van der Waals surface area contributed by atoms with Gasteiger partial charge in [-0.1, -0.05) is 6.07 Å². The SMILES string of the molecule is Cc1ccc2cc(-c3cnc(N)o3)ccc2n1. The molecule has 4 heteroatoms. The Labute approximate surface area is 98.1 Å². The van der Waals surface area contributed by atoms with Crippen LogP contribution in [0.3, 0.4) is 0 Å². The molecule has 4 nitrogen and oxygen atoms in total. The van der Waals surface area contributed by atoms with Crippen molar-refractivity contribution >= 4 is 16.9 Å². The molecular formula is C13H11N3O. The Hall–Kier alpha value is -2.36. The van der Waals surface area contributed by atoms with E-state index in [1.54, 1.807) is 6.20 Å². The molecule has 1 aromatic carbocycles. The van der Waals surface area contributed by atoms with Gasteiger partial charge < -0.3 is 10.2 Å². The second kappa shape index (κ2) is 3.59. The highest BCUT2D eigenvalue weighted by atomic mass is 16.4. The van der Waals surface area contributed by atoms with Crippen LogP contribution in [0, 0.1) is 6.92 Å². The second-order valence-electron chi connectivity index (χ2n) is 3.92. The van der Waals surface area contributed by atoms with Gasteiger partial charge in [-0.05, 0) is 31.2 Å². The molecule has 0 amide bonds. The van der Waals surface area contributed by atoms with Crippen LogP contribution >= 0.6 is 0 Å². The van der Waals surface area contributed by atoms with Crippen molar-refractivity contribution in [3.63, 3.8) is 0 Å². The van der Waals surface area contributed by atoms with E-state index in [1.165, 1.54) is 0 Å². The zero-order chi connectivity index (χ0) is 11.8. The molecule has 3 aromatic rings. The standard InChI is InChI=1S/C13H11N3O/c1-8-2-3-9-6-10(4-5-11(9)16-8)12-7-15-13(14)17-12/h2-7H,1H3,(H2,14,15). The maximum Gasteiger partial charge on any atom is 0.292 e. The molecule has 0 aliphatic heterocycles. The summed E-state index contributed by atoms with van der Waals surface area (Å²) in [7, 11) is 0. The molecule has 0 saturated carbocycles. The van der Waals surface area contributed by atoms with Crippen molar-refractivity contribution in [3.05, 3.63) is 42.2 Å². The van der Waals surface area contributed by atoms with Crippen LogP contribution in [0.15, 0.2) is 40.9 Å². The van der Waals surface area contributed by atoms with Crippen molar-refractivity contribution in [2.45, 2.75) is 6.92 Å². The summed E-state index contributed by atoms with van der Waals surface area (Å²) in [4.78, 5) is 8.33. The quantitative estimate of drug-likeness (QED) is 0.691. The van der Waals surface area contributed by atoms with Crippen LogP contribution < -0.4 is 5.73 Å². The van der Waals surface area contributed by atoms with Gasteiger partial charge in [0.15, 0.2) is 5.76 Å². The molecule has 0 bridgehead atoms. The van der Waals surface area contributed by atoms with Crippen LogP contribution in [0.4, 0.5) is 6.01 Å². The smallest absolute Gasteiger partial charge is 0.292 e. The van der Waals surface area contributed by atoms with Gasteiger partial charge in [0.25, 0.3) is 6.01 Å². The molecule has 84 valence electrons. The van der Waals surface area contributed by atoms with Gasteiger partial charge in [0.2, 0.25) is 0 Å². The minimum Gasteiger partial charge on any atom is -0.424 e. The fourth-order valence-electron chi connectivity index (χ4n) is 1.80. The predicted octanol–water partition coefficient (Wildman–Crippen LogP) is 2.78. The number of benzene rings is 1. The summed E-state index contributed by atoms with van der Waals surface area (Å²) in [6, 6.07) is 10.1. The number of nitrogen functional groups attached to an aromatic ring is 1. The van der Waals surface area contributed by atoms with Crippen molar-refractivity contribution in [1.82, 2.24) is 9.97 Å². The summed E-state index contributed by atoms with van der Waals surface area (Å²) >= 11 is 0. The minimum absolute atomic E-state index is 0.183. The number of pyridine rings is 1. The van der Waals surface area contributed by atoms with E-state index in [0.717, 1.165) is 22.2 Å². The molecule has 0 aliphatic rings. The molecule has 2 aromatic heterocycles. The maximum absolute atomic E-state index is 5.46. The number of oxazole rings is 1. The highest BCUT2D eigenvalue weighted by Gasteiger charge is 2.05. The van der Waals surface area contributed by atoms with E-state index in [9.17, 15) is 0 Å². The van der Waals surface area contributed by atoms with E-state index >= 15 is 0 Å². The first-order chi connectivity index (χ1) is 8.22. The molecule has 0 saturated heterocycles. The fourth-order valence-corrected chi connectivity index (χ4v) is 1.80. The first-order valence-corrected chi connectivity index (χ1v) is 5.31. The average molecular weight is 225 g/mol. The van der Waals surface area contributed by atoms with Crippen molar-refractivity contribution in [2.24, 2.45) is 0 Å². The van der Waals surface area contributed by atoms with E-state index in [1.807, 2.05) is 37.3 Å². The molecular weight excluding hydrogens is 214 g/mol. The van der Waals surface area contributed by atoms with Crippen molar-refractivity contribution < 1.29 is 4.42 Å². The first-order valence-electron chi connectivity index (χ1n) is 5.31. The molecule has 2 heterocycles. The summed E-state index contributed by atoms with van der Waals surface area (Å²) in [5.41, 5.74) is 8.39. The van der Waals surface area contributed by atoms with E-state index in [2.05, 4.69) is 9.97 Å². The average Bonchev–Trinajstić information content (AvgIpc) is 2.75. The van der Waals surface area contributed by atoms with Gasteiger partial charge in [-0.15, -0.1) is 0 Å². The lowest BCUT2D eigenvalue weighted by Crippen LogP contribution is -1.83. The van der Waals surface area contributed by atoms with Gasteiger partial charge in [0, 0.05) is 16.6 Å². The van der Waals surface area contributed by atoms with E-state index in [-0.39, 0.29) is 6.01 Å². The third-order valence-corrected chi connectivity index (χ3v) is 2.64. The normalized spacial score (nSPS) is 10.9. The van der Waals surface area contributed by atoms with Crippen molar-refractivity contribution in [2.75, 3.05) is 5.73 Å². The summed E-state index contributed by atoms with van der Waals surface area (Å²) in [6.45, 7) is 1.98. The number of nitrogens with zero attached hydrogens (tertiary/aromatic N) is 2. The molecule has 0 radical (unpaired) electrons. The van der Waals surface area contributed by atoms with Gasteiger partial charge in [0.05, 0.1) is 11.7 Å². The fraction of sp³-hybridized carbons (Fsp3) is 0.0769. The lowest BCUT2D eigenvalue weighted by Gasteiger charge is -2.01. The van der Waals surface area contributed by atoms with Crippen LogP contribution in [-0.4, -0.2) is 9.97 Å². The number of aryl methyl sites for hydroxylation is 1. The molecule has 0 aliphatic carbocycles. The maximum atomic E-state index is 5.46. The van der Waals surface area contributed by atoms with Gasteiger partial charge >= 0.3 is 0 Å². The molecule has 17 heavy (non-hydrogen) atoms. The summed E-state index contributed by atoms with van der Waals surface area (Å²) < 4.78 is 5.29. The summed E-state index contributed by atoms with van der Waals surface area (Å²) in [5.74, 6) is 0.671. The Kier molecular flexibility index (Phi) is 2.08. The van der Waals surface area contributed by atoms with Gasteiger partial charge in [-0.2, -0.15) is 0 Å². The number of hydrogen-bond donors (Lipinski definition) is 1. The highest BCUT2D eigenvalue weighted by molar-refractivity contribution is 5.83. The molecule has 3 rings (SSSR count). The summed E-state index contributed by atoms with van der Waals surface area (Å²) in [6.07, 6.45) is 1.62. The van der Waals surface area contributed by atoms with Gasteiger partial charge in [-0.3, -0.25) is 4.98 Å². The van der Waals surface area contributed by atoms with E-state index in [4.69, 9.17) is 10.2 Å². The highest BCUT2D eigenvalue weighted by Crippen LogP contribution is 2.24. The van der Waals surface area contributed by atoms with Crippen LogP contribution in [0.25, 0.3) is 22.2 Å². The molecule has 0 unspecified atom stereocenters.